The highest BCUT2D eigenvalue weighted by Crippen LogP contribution is 2.30. The molecule has 0 radical (unpaired) electrons. The van der Waals surface area contributed by atoms with Gasteiger partial charge in [-0.05, 0) is 68.2 Å². The van der Waals surface area contributed by atoms with Gasteiger partial charge in [-0.3, -0.25) is 9.69 Å². The molecule has 162 valence electrons. The summed E-state index contributed by atoms with van der Waals surface area (Å²) in [6, 6.07) is 12.5. The highest BCUT2D eigenvalue weighted by atomic mass is 35.5. The summed E-state index contributed by atoms with van der Waals surface area (Å²) >= 11 is 1.61. The minimum Gasteiger partial charge on any atom is -0.302 e. The predicted octanol–water partition coefficient (Wildman–Crippen LogP) is 5.56. The molecule has 0 unspecified atom stereocenters. The van der Waals surface area contributed by atoms with Crippen LogP contribution in [0.15, 0.2) is 36.4 Å². The zero-order valence-electron chi connectivity index (χ0n) is 18.6. The summed E-state index contributed by atoms with van der Waals surface area (Å²) in [7, 11) is 0. The van der Waals surface area contributed by atoms with Gasteiger partial charge in [-0.25, -0.2) is 4.98 Å². The third-order valence-electron chi connectivity index (χ3n) is 5.53. The van der Waals surface area contributed by atoms with Crippen molar-refractivity contribution in [3.8, 4) is 0 Å². The first-order chi connectivity index (χ1) is 13.9. The van der Waals surface area contributed by atoms with Gasteiger partial charge in [0, 0.05) is 13.1 Å². The maximum Gasteiger partial charge on any atom is 0.233 e. The number of benzene rings is 2. The Bertz CT molecular complexity index is 997. The van der Waals surface area contributed by atoms with E-state index in [0.717, 1.165) is 40.5 Å². The summed E-state index contributed by atoms with van der Waals surface area (Å²) in [5.74, 6) is 0.108. The third kappa shape index (κ3) is 5.81. The molecule has 0 spiro atoms. The Balaban J connectivity index is 0.00000320. The van der Waals surface area contributed by atoms with Gasteiger partial charge in [-0.2, -0.15) is 0 Å². The van der Waals surface area contributed by atoms with Gasteiger partial charge in [-0.1, -0.05) is 49.4 Å². The monoisotopic (exact) mass is 445 g/mol. The molecule has 0 aliphatic rings. The van der Waals surface area contributed by atoms with Crippen LogP contribution in [0.5, 0.6) is 0 Å². The molecule has 0 bridgehead atoms. The Labute approximate surface area is 190 Å². The van der Waals surface area contributed by atoms with Crippen LogP contribution in [0.3, 0.4) is 0 Å². The number of likely N-dealkylation sites (N-methyl/N-ethyl adjacent to an activating group) is 1. The van der Waals surface area contributed by atoms with Gasteiger partial charge in [0.1, 0.15) is 0 Å². The molecule has 1 aromatic heterocycles. The van der Waals surface area contributed by atoms with Crippen molar-refractivity contribution in [3.63, 3.8) is 0 Å². The Morgan fingerprint density at radius 1 is 0.967 bits per heavy atom. The topological polar surface area (TPSA) is 36.4 Å². The van der Waals surface area contributed by atoms with Crippen molar-refractivity contribution in [2.75, 3.05) is 31.1 Å². The molecule has 4 nitrogen and oxygen atoms in total. The molecule has 2 aromatic carbocycles. The van der Waals surface area contributed by atoms with Crippen molar-refractivity contribution < 1.29 is 4.79 Å². The first-order valence-electron chi connectivity index (χ1n) is 10.4. The fourth-order valence-corrected chi connectivity index (χ4v) is 4.53. The number of halogens is 1. The number of aromatic nitrogens is 1. The second-order valence-corrected chi connectivity index (χ2v) is 8.64. The summed E-state index contributed by atoms with van der Waals surface area (Å²) in [6.45, 7) is 14.1. The van der Waals surface area contributed by atoms with E-state index in [0.29, 0.717) is 13.0 Å². The lowest BCUT2D eigenvalue weighted by Crippen LogP contribution is -2.39. The lowest BCUT2D eigenvalue weighted by Gasteiger charge is -2.25. The molecule has 1 amide bonds. The molecule has 3 rings (SSSR count). The molecule has 0 saturated heterocycles. The SMILES string of the molecule is CCN(CC)CCN(C(=O)Cc1ccc(C)c(C)c1)c1nc2ccc(C)cc2s1.Cl. The summed E-state index contributed by atoms with van der Waals surface area (Å²) in [6.07, 6.45) is 0.397. The number of rotatable bonds is 8. The van der Waals surface area contributed by atoms with E-state index in [-0.39, 0.29) is 18.3 Å². The van der Waals surface area contributed by atoms with E-state index in [4.69, 9.17) is 4.98 Å². The van der Waals surface area contributed by atoms with Gasteiger partial charge in [0.05, 0.1) is 16.6 Å². The lowest BCUT2D eigenvalue weighted by molar-refractivity contribution is -0.118. The van der Waals surface area contributed by atoms with Crippen LogP contribution >= 0.6 is 23.7 Å². The zero-order valence-corrected chi connectivity index (χ0v) is 20.2. The fraction of sp³-hybridized carbons (Fsp3) is 0.417. The van der Waals surface area contributed by atoms with E-state index < -0.39 is 0 Å². The summed E-state index contributed by atoms with van der Waals surface area (Å²) < 4.78 is 1.13. The second-order valence-electron chi connectivity index (χ2n) is 7.64. The van der Waals surface area contributed by atoms with Crippen LogP contribution in [0, 0.1) is 20.8 Å². The zero-order chi connectivity index (χ0) is 21.0. The normalized spacial score (nSPS) is 11.0. The number of carbonyl (C=O) groups is 1. The van der Waals surface area contributed by atoms with Crippen molar-refractivity contribution in [2.24, 2.45) is 0 Å². The number of amides is 1. The number of carbonyl (C=O) groups excluding carboxylic acids is 1. The lowest BCUT2D eigenvalue weighted by atomic mass is 10.0. The Morgan fingerprint density at radius 2 is 1.70 bits per heavy atom. The maximum absolute atomic E-state index is 13.3. The van der Waals surface area contributed by atoms with E-state index in [9.17, 15) is 4.79 Å². The molecule has 0 fully saturated rings. The van der Waals surface area contributed by atoms with Gasteiger partial charge in [0.25, 0.3) is 0 Å². The average molecular weight is 446 g/mol. The van der Waals surface area contributed by atoms with Crippen molar-refractivity contribution >= 4 is 45.0 Å². The smallest absolute Gasteiger partial charge is 0.233 e. The van der Waals surface area contributed by atoms with Gasteiger partial charge < -0.3 is 4.90 Å². The van der Waals surface area contributed by atoms with E-state index in [1.165, 1.54) is 16.7 Å². The van der Waals surface area contributed by atoms with Crippen LogP contribution in [-0.4, -0.2) is 42.0 Å². The molecule has 0 aliphatic heterocycles. The third-order valence-corrected chi connectivity index (χ3v) is 6.57. The Hall–Kier alpha value is -1.95. The van der Waals surface area contributed by atoms with Crippen LogP contribution in [-0.2, 0) is 11.2 Å². The Kier molecular flexibility index (Phi) is 8.83. The molecule has 6 heteroatoms. The molecule has 1 heterocycles. The number of hydrogen-bond acceptors (Lipinski definition) is 4. The maximum atomic E-state index is 13.3. The molecule has 0 atom stereocenters. The molecular weight excluding hydrogens is 414 g/mol. The van der Waals surface area contributed by atoms with E-state index in [1.54, 1.807) is 11.3 Å². The quantitative estimate of drug-likeness (QED) is 0.455. The van der Waals surface area contributed by atoms with Crippen LogP contribution in [0.25, 0.3) is 10.2 Å². The van der Waals surface area contributed by atoms with Crippen molar-refractivity contribution in [2.45, 2.75) is 41.0 Å². The van der Waals surface area contributed by atoms with Gasteiger partial charge in [0.2, 0.25) is 5.91 Å². The summed E-state index contributed by atoms with van der Waals surface area (Å²) in [5, 5.41) is 0.798. The molecule has 3 aromatic rings. The summed E-state index contributed by atoms with van der Waals surface area (Å²) in [5.41, 5.74) is 5.70. The fourth-order valence-electron chi connectivity index (χ4n) is 3.43. The predicted molar refractivity (Wildman–Crippen MR) is 131 cm³/mol. The van der Waals surface area contributed by atoms with Crippen molar-refractivity contribution in [3.05, 3.63) is 58.7 Å². The first kappa shape index (κ1) is 24.3. The second kappa shape index (κ2) is 10.9. The van der Waals surface area contributed by atoms with E-state index in [2.05, 4.69) is 69.9 Å². The minimum absolute atomic E-state index is 0. The minimum atomic E-state index is 0. The number of fused-ring (bicyclic) bond motifs is 1. The van der Waals surface area contributed by atoms with Gasteiger partial charge in [-0.15, -0.1) is 12.4 Å². The Morgan fingerprint density at radius 3 is 2.37 bits per heavy atom. The van der Waals surface area contributed by atoms with E-state index >= 15 is 0 Å². The number of aryl methyl sites for hydroxylation is 3. The average Bonchev–Trinajstić information content (AvgIpc) is 3.10. The standard InChI is InChI=1S/C24H31N3OS.ClH/c1-6-26(7-2)12-13-27(23(28)16-20-10-9-18(4)19(5)15-20)24-25-21-11-8-17(3)14-22(21)29-24;/h8-11,14-15H,6-7,12-13,16H2,1-5H3;1H. The van der Waals surface area contributed by atoms with E-state index in [1.807, 2.05) is 11.0 Å². The van der Waals surface area contributed by atoms with Crippen LogP contribution in [0.1, 0.15) is 36.1 Å². The number of nitrogens with zero attached hydrogens (tertiary/aromatic N) is 3. The number of hydrogen-bond donors (Lipinski definition) is 0. The number of anilines is 1. The van der Waals surface area contributed by atoms with Crippen LogP contribution in [0.2, 0.25) is 0 Å². The van der Waals surface area contributed by atoms with Crippen molar-refractivity contribution in [1.82, 2.24) is 9.88 Å². The van der Waals surface area contributed by atoms with Gasteiger partial charge >= 0.3 is 0 Å². The largest absolute Gasteiger partial charge is 0.302 e. The molecule has 0 saturated carbocycles. The number of thiazole rings is 1. The van der Waals surface area contributed by atoms with Crippen LogP contribution < -0.4 is 4.90 Å². The summed E-state index contributed by atoms with van der Waals surface area (Å²) in [4.78, 5) is 22.3. The molecule has 0 aliphatic carbocycles. The van der Waals surface area contributed by atoms with Crippen LogP contribution in [0.4, 0.5) is 5.13 Å². The first-order valence-corrected chi connectivity index (χ1v) is 11.2. The highest BCUT2D eigenvalue weighted by Gasteiger charge is 2.21. The van der Waals surface area contributed by atoms with Gasteiger partial charge in [0.15, 0.2) is 5.13 Å². The molecule has 30 heavy (non-hydrogen) atoms. The molecule has 0 N–H and O–H groups in total. The van der Waals surface area contributed by atoms with Crippen molar-refractivity contribution in [1.29, 1.82) is 0 Å². The molecular formula is C24H32ClN3OS. The highest BCUT2D eigenvalue weighted by molar-refractivity contribution is 7.22.